The molecule has 0 aromatic heterocycles. The van der Waals surface area contributed by atoms with Crippen LogP contribution < -0.4 is 5.32 Å². The summed E-state index contributed by atoms with van der Waals surface area (Å²) in [6.07, 6.45) is 6.31. The normalized spacial score (nSPS) is 25.9. The van der Waals surface area contributed by atoms with Gasteiger partial charge in [0.25, 0.3) is 0 Å². The first kappa shape index (κ1) is 24.0. The summed E-state index contributed by atoms with van der Waals surface area (Å²) in [5, 5.41) is 13.5. The summed E-state index contributed by atoms with van der Waals surface area (Å²) in [6.45, 7) is 3.66. The van der Waals surface area contributed by atoms with Crippen molar-refractivity contribution in [2.24, 2.45) is 11.8 Å². The Bertz CT molecular complexity index is 1050. The van der Waals surface area contributed by atoms with Crippen molar-refractivity contribution in [3.63, 3.8) is 0 Å². The minimum absolute atomic E-state index is 0.0356. The number of hydrogen-bond acceptors (Lipinski definition) is 7. The van der Waals surface area contributed by atoms with Gasteiger partial charge in [-0.3, -0.25) is 9.59 Å². The predicted octanol–water partition coefficient (Wildman–Crippen LogP) is 4.27. The molecule has 2 N–H and O–H groups in total. The molecule has 0 bridgehead atoms. The van der Waals surface area contributed by atoms with E-state index in [0.717, 1.165) is 38.5 Å². The molecule has 2 aliphatic carbocycles. The maximum Gasteiger partial charge on any atom is 0.337 e. The maximum atomic E-state index is 13.7. The summed E-state index contributed by atoms with van der Waals surface area (Å²) in [5.74, 6) is -3.28. The van der Waals surface area contributed by atoms with Gasteiger partial charge in [0.05, 0.1) is 12.7 Å². The van der Waals surface area contributed by atoms with Crippen LogP contribution in [0.2, 0.25) is 0 Å². The van der Waals surface area contributed by atoms with Crippen LogP contribution in [0.3, 0.4) is 0 Å². The van der Waals surface area contributed by atoms with E-state index in [9.17, 15) is 19.5 Å². The van der Waals surface area contributed by atoms with Crippen molar-refractivity contribution in [2.45, 2.75) is 70.8 Å². The number of dihydropyridines is 1. The van der Waals surface area contributed by atoms with E-state index in [1.165, 1.54) is 7.11 Å². The van der Waals surface area contributed by atoms with Gasteiger partial charge in [0.1, 0.15) is 17.8 Å². The number of hydrogen-bond donors (Lipinski definition) is 2. The monoisotopic (exact) mass is 467 g/mol. The molecule has 1 saturated carbocycles. The minimum atomic E-state index is -0.942. The van der Waals surface area contributed by atoms with Crippen LogP contribution in [0.5, 0.6) is 5.75 Å². The average Bonchev–Trinajstić information content (AvgIpc) is 3.06. The quantitative estimate of drug-likeness (QED) is 0.387. The van der Waals surface area contributed by atoms with Crippen molar-refractivity contribution in [1.82, 2.24) is 5.32 Å². The second-order valence-electron chi connectivity index (χ2n) is 9.65. The lowest BCUT2D eigenvalue weighted by Gasteiger charge is -2.38. The summed E-state index contributed by atoms with van der Waals surface area (Å²) in [4.78, 5) is 39.8. The second-order valence-corrected chi connectivity index (χ2v) is 9.65. The number of benzene rings is 1. The van der Waals surface area contributed by atoms with Gasteiger partial charge in [-0.1, -0.05) is 31.9 Å². The van der Waals surface area contributed by atoms with Gasteiger partial charge in [0, 0.05) is 22.9 Å². The average molecular weight is 468 g/mol. The van der Waals surface area contributed by atoms with Crippen LogP contribution in [0, 0.1) is 11.8 Å². The Morgan fingerprint density at radius 3 is 2.47 bits per heavy atom. The second kappa shape index (κ2) is 10.0. The molecular weight excluding hydrogens is 434 g/mol. The molecule has 1 aromatic rings. The van der Waals surface area contributed by atoms with Gasteiger partial charge in [0.15, 0.2) is 5.78 Å². The van der Waals surface area contributed by atoms with Crippen molar-refractivity contribution in [2.75, 3.05) is 7.11 Å². The Kier molecular flexibility index (Phi) is 7.10. The molecule has 0 spiro atoms. The van der Waals surface area contributed by atoms with Crippen molar-refractivity contribution in [3.8, 4) is 5.75 Å². The zero-order chi connectivity index (χ0) is 24.4. The summed E-state index contributed by atoms with van der Waals surface area (Å²) < 4.78 is 10.9. The van der Waals surface area contributed by atoms with Crippen LogP contribution >= 0.6 is 0 Å². The number of aromatic hydroxyl groups is 1. The predicted molar refractivity (Wildman–Crippen MR) is 126 cm³/mol. The molecular formula is C27H33NO6. The van der Waals surface area contributed by atoms with Crippen molar-refractivity contribution in [1.29, 1.82) is 0 Å². The summed E-state index contributed by atoms with van der Waals surface area (Å²) in [6, 6.07) is 6.57. The lowest BCUT2D eigenvalue weighted by Crippen LogP contribution is -2.43. The van der Waals surface area contributed by atoms with Crippen LogP contribution in [-0.4, -0.2) is 36.0 Å². The van der Waals surface area contributed by atoms with E-state index in [-0.39, 0.29) is 23.6 Å². The third-order valence-corrected chi connectivity index (χ3v) is 7.24. The lowest BCUT2D eigenvalue weighted by atomic mass is 9.69. The van der Waals surface area contributed by atoms with Gasteiger partial charge in [-0.05, 0) is 62.6 Å². The van der Waals surface area contributed by atoms with Crippen LogP contribution in [0.4, 0.5) is 0 Å². The van der Waals surface area contributed by atoms with Crippen molar-refractivity contribution in [3.05, 3.63) is 52.4 Å². The minimum Gasteiger partial charge on any atom is -0.508 e. The number of carbonyl (C=O) groups is 3. The molecule has 4 rings (SSSR count). The fourth-order valence-corrected chi connectivity index (χ4v) is 5.56. The molecule has 34 heavy (non-hydrogen) atoms. The van der Waals surface area contributed by atoms with E-state index < -0.39 is 23.8 Å². The molecule has 1 fully saturated rings. The number of carbonyl (C=O) groups excluding carboxylic acids is 3. The highest BCUT2D eigenvalue weighted by Crippen LogP contribution is 2.46. The maximum absolute atomic E-state index is 13.7. The number of methoxy groups -OCH3 is 1. The molecule has 7 heteroatoms. The Morgan fingerprint density at radius 1 is 1.12 bits per heavy atom. The molecule has 7 nitrogen and oxygen atoms in total. The number of nitrogens with one attached hydrogen (secondary N) is 1. The van der Waals surface area contributed by atoms with E-state index in [0.29, 0.717) is 34.5 Å². The number of allylic oxidation sites excluding steroid dienone is 3. The van der Waals surface area contributed by atoms with Crippen LogP contribution in [0.25, 0.3) is 0 Å². The molecule has 3 atom stereocenters. The largest absolute Gasteiger partial charge is 0.508 e. The molecule has 3 aliphatic rings. The molecule has 182 valence electrons. The highest BCUT2D eigenvalue weighted by atomic mass is 16.5. The van der Waals surface area contributed by atoms with Crippen molar-refractivity contribution >= 4 is 17.7 Å². The van der Waals surface area contributed by atoms with Gasteiger partial charge in [-0.25, -0.2) is 4.79 Å². The first-order valence-corrected chi connectivity index (χ1v) is 12.1. The van der Waals surface area contributed by atoms with Gasteiger partial charge < -0.3 is 19.9 Å². The van der Waals surface area contributed by atoms with Crippen LogP contribution in [-0.2, 0) is 23.9 Å². The van der Waals surface area contributed by atoms with Crippen LogP contribution in [0.15, 0.2) is 46.8 Å². The highest BCUT2D eigenvalue weighted by Gasteiger charge is 2.47. The van der Waals surface area contributed by atoms with E-state index in [1.54, 1.807) is 24.3 Å². The van der Waals surface area contributed by atoms with E-state index in [4.69, 9.17) is 9.47 Å². The molecule has 0 saturated heterocycles. The number of ketones is 1. The van der Waals surface area contributed by atoms with Gasteiger partial charge >= 0.3 is 11.9 Å². The van der Waals surface area contributed by atoms with E-state index in [2.05, 4.69) is 5.32 Å². The zero-order valence-corrected chi connectivity index (χ0v) is 20.1. The molecule has 1 aliphatic heterocycles. The number of rotatable bonds is 4. The Balaban J connectivity index is 1.77. The van der Waals surface area contributed by atoms with Gasteiger partial charge in [-0.2, -0.15) is 0 Å². The Hall–Kier alpha value is -3.09. The Morgan fingerprint density at radius 2 is 1.82 bits per heavy atom. The number of ether oxygens (including phenoxy) is 2. The smallest absolute Gasteiger partial charge is 0.337 e. The summed E-state index contributed by atoms with van der Waals surface area (Å²) in [7, 11) is 1.28. The van der Waals surface area contributed by atoms with Crippen LogP contribution in [0.1, 0.15) is 70.3 Å². The fraction of sp³-hybridized carbons (Fsp3) is 0.519. The summed E-state index contributed by atoms with van der Waals surface area (Å²) in [5.41, 5.74) is 2.65. The topological polar surface area (TPSA) is 102 Å². The number of Topliss-reactive ketones (excluding diaryl/α,β-unsaturated/α-hetero) is 1. The van der Waals surface area contributed by atoms with E-state index in [1.807, 2.05) is 13.8 Å². The summed E-state index contributed by atoms with van der Waals surface area (Å²) >= 11 is 0. The first-order chi connectivity index (χ1) is 16.3. The SMILES string of the molecule is COC(=O)[C@@H]1C(=O)C2=C(C[C@@H]1C)NC(C)=C(C(=O)OC1CCCCCC1)[C@@H]2c1cccc(O)c1. The molecule has 1 aromatic carbocycles. The first-order valence-electron chi connectivity index (χ1n) is 12.1. The van der Waals surface area contributed by atoms with E-state index >= 15 is 0 Å². The third kappa shape index (κ3) is 4.61. The number of phenols is 1. The van der Waals surface area contributed by atoms with Crippen molar-refractivity contribution < 1.29 is 29.0 Å². The number of esters is 2. The third-order valence-electron chi connectivity index (χ3n) is 7.24. The highest BCUT2D eigenvalue weighted by molar-refractivity contribution is 6.12. The lowest BCUT2D eigenvalue weighted by molar-refractivity contribution is -0.151. The van der Waals surface area contributed by atoms with Gasteiger partial charge in [0.2, 0.25) is 0 Å². The standard InChI is InChI=1S/C27H33NO6/c1-15-13-20-24(25(30)21(15)26(31)33-3)23(17-9-8-10-18(29)14-17)22(16(2)28-20)27(32)34-19-11-6-4-5-7-12-19/h8-10,14-15,19,21,23,28-29H,4-7,11-13H2,1-3H3/t15-,21-,23-/m0/s1. The molecule has 1 heterocycles. The zero-order valence-electron chi connectivity index (χ0n) is 20.1. The Labute approximate surface area is 200 Å². The molecule has 0 unspecified atom stereocenters. The molecule has 0 radical (unpaired) electrons. The number of phenolic OH excluding ortho intramolecular Hbond substituents is 1. The van der Waals surface area contributed by atoms with Gasteiger partial charge in [-0.15, -0.1) is 0 Å². The molecule has 0 amide bonds. The fourth-order valence-electron chi connectivity index (χ4n) is 5.56.